The van der Waals surface area contributed by atoms with Crippen LogP contribution in [-0.2, 0) is 4.79 Å². The van der Waals surface area contributed by atoms with Crippen molar-refractivity contribution in [3.63, 3.8) is 0 Å². The Bertz CT molecular complexity index is 538. The van der Waals surface area contributed by atoms with Gasteiger partial charge in [-0.25, -0.2) is 9.59 Å². The molecule has 0 saturated heterocycles. The lowest BCUT2D eigenvalue weighted by Gasteiger charge is -2.12. The Morgan fingerprint density at radius 1 is 1.32 bits per heavy atom. The van der Waals surface area contributed by atoms with Crippen molar-refractivity contribution in [2.24, 2.45) is 5.73 Å². The van der Waals surface area contributed by atoms with Crippen molar-refractivity contribution >= 4 is 34.2 Å². The van der Waals surface area contributed by atoms with Crippen LogP contribution in [0.3, 0.4) is 0 Å². The van der Waals surface area contributed by atoms with Crippen molar-refractivity contribution < 1.29 is 19.5 Å². The molecule has 104 valence electrons. The molecule has 0 saturated carbocycles. The number of hydrogen-bond donors (Lipinski definition) is 4. The summed E-state index contributed by atoms with van der Waals surface area (Å²) in [5.41, 5.74) is 5.59. The van der Waals surface area contributed by atoms with E-state index in [-0.39, 0.29) is 10.6 Å². The molecular formula is C11H15N3O4S. The third-order valence-electron chi connectivity index (χ3n) is 2.59. The van der Waals surface area contributed by atoms with Gasteiger partial charge >= 0.3 is 12.0 Å². The number of carboxylic acids is 1. The normalized spacial score (nSPS) is 11.7. The zero-order valence-electron chi connectivity index (χ0n) is 10.7. The van der Waals surface area contributed by atoms with Crippen molar-refractivity contribution in [2.75, 3.05) is 5.32 Å². The summed E-state index contributed by atoms with van der Waals surface area (Å²) in [6.07, 6.45) is 0. The molecule has 3 amide bonds. The van der Waals surface area contributed by atoms with E-state index in [1.54, 1.807) is 13.8 Å². The maximum Gasteiger partial charge on any atom is 0.338 e. The molecule has 1 rings (SSSR count). The molecule has 0 aromatic carbocycles. The number of carbonyl (C=O) groups excluding carboxylic acids is 2. The highest BCUT2D eigenvalue weighted by molar-refractivity contribution is 7.16. The second-order valence-electron chi connectivity index (χ2n) is 4.01. The summed E-state index contributed by atoms with van der Waals surface area (Å²) >= 11 is 1.18. The Labute approximate surface area is 113 Å². The van der Waals surface area contributed by atoms with E-state index in [0.717, 1.165) is 4.88 Å². The fraction of sp³-hybridized carbons (Fsp3) is 0.364. The first kappa shape index (κ1) is 15.0. The van der Waals surface area contributed by atoms with Crippen LogP contribution in [0.25, 0.3) is 0 Å². The van der Waals surface area contributed by atoms with E-state index in [1.807, 2.05) is 0 Å². The lowest BCUT2D eigenvalue weighted by Crippen LogP contribution is -2.44. The maximum absolute atomic E-state index is 11.8. The number of anilines is 1. The summed E-state index contributed by atoms with van der Waals surface area (Å²) in [4.78, 5) is 34.4. The lowest BCUT2D eigenvalue weighted by atomic mass is 10.1. The largest absolute Gasteiger partial charge is 0.478 e. The van der Waals surface area contributed by atoms with Gasteiger partial charge in [0.1, 0.15) is 11.0 Å². The Balaban J connectivity index is 2.94. The maximum atomic E-state index is 11.8. The number of primary amides is 1. The fourth-order valence-electron chi connectivity index (χ4n) is 1.47. The quantitative estimate of drug-likeness (QED) is 0.660. The molecular weight excluding hydrogens is 270 g/mol. The third-order valence-corrected chi connectivity index (χ3v) is 3.71. The SMILES string of the molecule is Cc1sc(NC(=O)C(C)NC(N)=O)c(C(=O)O)c1C. The molecule has 1 aromatic heterocycles. The van der Waals surface area contributed by atoms with Crippen LogP contribution < -0.4 is 16.4 Å². The minimum absolute atomic E-state index is 0.0714. The van der Waals surface area contributed by atoms with Gasteiger partial charge in [-0.2, -0.15) is 0 Å². The standard InChI is InChI=1S/C11H15N3O4S/c1-4-6(3)19-9(7(4)10(16)17)14-8(15)5(2)13-11(12)18/h5H,1-3H3,(H,14,15)(H,16,17)(H3,12,13,18). The molecule has 0 fully saturated rings. The molecule has 0 aliphatic carbocycles. The molecule has 7 nitrogen and oxygen atoms in total. The number of hydrogen-bond acceptors (Lipinski definition) is 4. The minimum Gasteiger partial charge on any atom is -0.478 e. The molecule has 1 unspecified atom stereocenters. The molecule has 19 heavy (non-hydrogen) atoms. The van der Waals surface area contributed by atoms with Gasteiger partial charge in [0.25, 0.3) is 0 Å². The first-order chi connectivity index (χ1) is 8.73. The summed E-state index contributed by atoms with van der Waals surface area (Å²) < 4.78 is 0. The van der Waals surface area contributed by atoms with Gasteiger partial charge in [0.2, 0.25) is 5.91 Å². The second-order valence-corrected chi connectivity index (χ2v) is 5.24. The van der Waals surface area contributed by atoms with Crippen LogP contribution in [0.2, 0.25) is 0 Å². The average Bonchev–Trinajstić information content (AvgIpc) is 2.53. The molecule has 0 radical (unpaired) electrons. The summed E-state index contributed by atoms with van der Waals surface area (Å²) in [6.45, 7) is 4.90. The van der Waals surface area contributed by atoms with Gasteiger partial charge in [0.05, 0.1) is 5.56 Å². The number of carbonyl (C=O) groups is 3. The summed E-state index contributed by atoms with van der Waals surface area (Å²) in [5.74, 6) is -1.63. The minimum atomic E-state index is -1.10. The van der Waals surface area contributed by atoms with E-state index in [2.05, 4.69) is 10.6 Å². The zero-order chi connectivity index (χ0) is 14.7. The number of aryl methyl sites for hydroxylation is 1. The van der Waals surface area contributed by atoms with E-state index in [9.17, 15) is 14.4 Å². The molecule has 1 heterocycles. The van der Waals surface area contributed by atoms with Crippen molar-refractivity contribution in [2.45, 2.75) is 26.8 Å². The number of nitrogens with two attached hydrogens (primary N) is 1. The Hall–Kier alpha value is -2.09. The number of aromatic carboxylic acids is 1. The van der Waals surface area contributed by atoms with Crippen LogP contribution in [0.5, 0.6) is 0 Å². The predicted molar refractivity (Wildman–Crippen MR) is 71.6 cm³/mol. The van der Waals surface area contributed by atoms with Gasteiger partial charge in [0, 0.05) is 4.88 Å². The number of carboxylic acid groups (broad SMARTS) is 1. The average molecular weight is 285 g/mol. The monoisotopic (exact) mass is 285 g/mol. The van der Waals surface area contributed by atoms with Crippen LogP contribution >= 0.6 is 11.3 Å². The first-order valence-electron chi connectivity index (χ1n) is 5.44. The van der Waals surface area contributed by atoms with E-state index in [1.165, 1.54) is 18.3 Å². The van der Waals surface area contributed by atoms with Gasteiger partial charge < -0.3 is 21.5 Å². The second kappa shape index (κ2) is 5.70. The highest BCUT2D eigenvalue weighted by Gasteiger charge is 2.22. The zero-order valence-corrected chi connectivity index (χ0v) is 11.6. The van der Waals surface area contributed by atoms with Crippen LogP contribution in [-0.4, -0.2) is 29.1 Å². The number of thiophene rings is 1. The Kier molecular flexibility index (Phi) is 4.49. The molecule has 1 aromatic rings. The molecule has 8 heteroatoms. The molecule has 1 atom stereocenters. The molecule has 5 N–H and O–H groups in total. The summed E-state index contributed by atoms with van der Waals surface area (Å²) in [6, 6.07) is -1.67. The van der Waals surface area contributed by atoms with Gasteiger partial charge in [-0.1, -0.05) is 0 Å². The molecule has 0 aliphatic rings. The fourth-order valence-corrected chi connectivity index (χ4v) is 2.53. The van der Waals surface area contributed by atoms with Crippen molar-refractivity contribution in [3.8, 4) is 0 Å². The smallest absolute Gasteiger partial charge is 0.338 e. The predicted octanol–water partition coefficient (Wildman–Crippen LogP) is 1.06. The van der Waals surface area contributed by atoms with Crippen molar-refractivity contribution in [1.82, 2.24) is 5.32 Å². The molecule has 0 bridgehead atoms. The third kappa shape index (κ3) is 3.44. The van der Waals surface area contributed by atoms with Crippen molar-refractivity contribution in [3.05, 3.63) is 16.0 Å². The van der Waals surface area contributed by atoms with Gasteiger partial charge in [-0.15, -0.1) is 11.3 Å². The van der Waals surface area contributed by atoms with E-state index in [0.29, 0.717) is 5.56 Å². The number of urea groups is 1. The number of nitrogens with one attached hydrogen (secondary N) is 2. The van der Waals surface area contributed by atoms with Crippen LogP contribution in [0, 0.1) is 13.8 Å². The summed E-state index contributed by atoms with van der Waals surface area (Å²) in [5, 5.41) is 14.1. The summed E-state index contributed by atoms with van der Waals surface area (Å²) in [7, 11) is 0. The highest BCUT2D eigenvalue weighted by Crippen LogP contribution is 2.32. The highest BCUT2D eigenvalue weighted by atomic mass is 32.1. The Morgan fingerprint density at radius 2 is 1.89 bits per heavy atom. The topological polar surface area (TPSA) is 122 Å². The Morgan fingerprint density at radius 3 is 2.37 bits per heavy atom. The lowest BCUT2D eigenvalue weighted by molar-refractivity contribution is -0.117. The first-order valence-corrected chi connectivity index (χ1v) is 6.25. The van der Waals surface area contributed by atoms with Gasteiger partial charge in [-0.3, -0.25) is 4.79 Å². The van der Waals surface area contributed by atoms with E-state index in [4.69, 9.17) is 10.8 Å². The van der Waals surface area contributed by atoms with E-state index >= 15 is 0 Å². The van der Waals surface area contributed by atoms with Crippen LogP contribution in [0.1, 0.15) is 27.7 Å². The van der Waals surface area contributed by atoms with E-state index < -0.39 is 23.9 Å². The van der Waals surface area contributed by atoms with Crippen molar-refractivity contribution in [1.29, 1.82) is 0 Å². The number of amides is 3. The van der Waals surface area contributed by atoms with Gasteiger partial charge in [-0.05, 0) is 26.3 Å². The number of rotatable bonds is 4. The van der Waals surface area contributed by atoms with Crippen LogP contribution in [0.15, 0.2) is 0 Å². The molecule has 0 spiro atoms. The van der Waals surface area contributed by atoms with Gasteiger partial charge in [0.15, 0.2) is 0 Å². The van der Waals surface area contributed by atoms with Crippen LogP contribution in [0.4, 0.5) is 9.80 Å². The molecule has 0 aliphatic heterocycles.